The van der Waals surface area contributed by atoms with Crippen molar-refractivity contribution in [3.05, 3.63) is 29.8 Å². The van der Waals surface area contributed by atoms with E-state index >= 15 is 0 Å². The van der Waals surface area contributed by atoms with E-state index in [1.54, 1.807) is 7.11 Å². The van der Waals surface area contributed by atoms with Crippen molar-refractivity contribution in [2.75, 3.05) is 26.7 Å². The fourth-order valence-corrected chi connectivity index (χ4v) is 2.33. The first kappa shape index (κ1) is 12.9. The quantitative estimate of drug-likeness (QED) is 0.869. The van der Waals surface area contributed by atoms with Crippen LogP contribution in [-0.2, 0) is 11.2 Å². The van der Waals surface area contributed by atoms with Gasteiger partial charge in [0, 0.05) is 31.2 Å². The molecule has 4 heteroatoms. The fraction of sp³-hybridized carbons (Fsp3) is 0.500. The van der Waals surface area contributed by atoms with Crippen LogP contribution in [0.25, 0.3) is 0 Å². The van der Waals surface area contributed by atoms with Gasteiger partial charge in [-0.15, -0.1) is 0 Å². The van der Waals surface area contributed by atoms with Crippen molar-refractivity contribution in [2.45, 2.75) is 19.4 Å². The van der Waals surface area contributed by atoms with Crippen LogP contribution in [0.2, 0.25) is 0 Å². The monoisotopic (exact) mass is 248 g/mol. The zero-order valence-electron chi connectivity index (χ0n) is 11.0. The molecule has 1 N–H and O–H groups in total. The average Bonchev–Trinajstić information content (AvgIpc) is 2.39. The van der Waals surface area contributed by atoms with Crippen LogP contribution in [0.3, 0.4) is 0 Å². The summed E-state index contributed by atoms with van der Waals surface area (Å²) in [5.74, 6) is 0.960. The molecule has 1 fully saturated rings. The number of piperazine rings is 1. The lowest BCUT2D eigenvalue weighted by Gasteiger charge is -2.34. The molecule has 1 saturated heterocycles. The molecule has 1 aliphatic rings. The highest BCUT2D eigenvalue weighted by Crippen LogP contribution is 2.19. The number of methoxy groups -OCH3 is 1. The lowest BCUT2D eigenvalue weighted by atomic mass is 10.1. The number of nitrogens with zero attached hydrogens (tertiary/aromatic N) is 1. The van der Waals surface area contributed by atoms with E-state index in [1.807, 2.05) is 29.2 Å². The Kier molecular flexibility index (Phi) is 4.20. The van der Waals surface area contributed by atoms with E-state index in [0.29, 0.717) is 6.42 Å². The number of ether oxygens (including phenoxy) is 1. The largest absolute Gasteiger partial charge is 0.496 e. The van der Waals surface area contributed by atoms with E-state index in [1.165, 1.54) is 0 Å². The van der Waals surface area contributed by atoms with Crippen LogP contribution in [0, 0.1) is 0 Å². The number of amides is 1. The molecule has 1 aliphatic heterocycles. The second-order valence-corrected chi connectivity index (χ2v) is 4.63. The molecule has 4 nitrogen and oxygen atoms in total. The minimum atomic E-state index is 0.175. The van der Waals surface area contributed by atoms with Crippen molar-refractivity contribution in [3.63, 3.8) is 0 Å². The van der Waals surface area contributed by atoms with Crippen molar-refractivity contribution < 1.29 is 9.53 Å². The Morgan fingerprint density at radius 3 is 3.00 bits per heavy atom. The highest BCUT2D eigenvalue weighted by Gasteiger charge is 2.23. The minimum Gasteiger partial charge on any atom is -0.496 e. The van der Waals surface area contributed by atoms with Crippen molar-refractivity contribution in [3.8, 4) is 5.75 Å². The molecule has 0 radical (unpaired) electrons. The van der Waals surface area contributed by atoms with Gasteiger partial charge in [-0.1, -0.05) is 18.2 Å². The van der Waals surface area contributed by atoms with E-state index in [2.05, 4.69) is 12.2 Å². The standard InChI is InChI=1S/C14H20N2O2/c1-11-10-15-7-8-16(11)14(17)9-12-5-3-4-6-13(12)18-2/h3-6,11,15H,7-10H2,1-2H3. The summed E-state index contributed by atoms with van der Waals surface area (Å²) >= 11 is 0. The van der Waals surface area contributed by atoms with Crippen LogP contribution in [0.1, 0.15) is 12.5 Å². The zero-order chi connectivity index (χ0) is 13.0. The molecule has 0 aliphatic carbocycles. The van der Waals surface area contributed by atoms with Gasteiger partial charge in [0.15, 0.2) is 0 Å². The first-order chi connectivity index (χ1) is 8.72. The summed E-state index contributed by atoms with van der Waals surface area (Å²) in [7, 11) is 1.64. The zero-order valence-corrected chi connectivity index (χ0v) is 11.0. The van der Waals surface area contributed by atoms with Gasteiger partial charge in [0.05, 0.1) is 13.5 Å². The third kappa shape index (κ3) is 2.82. The van der Waals surface area contributed by atoms with Gasteiger partial charge in [-0.2, -0.15) is 0 Å². The predicted octanol–water partition coefficient (Wildman–Crippen LogP) is 1.06. The third-order valence-corrected chi connectivity index (χ3v) is 3.36. The number of nitrogens with one attached hydrogen (secondary N) is 1. The molecule has 1 atom stereocenters. The van der Waals surface area contributed by atoms with Gasteiger partial charge in [0.25, 0.3) is 0 Å². The maximum absolute atomic E-state index is 12.3. The summed E-state index contributed by atoms with van der Waals surface area (Å²) in [5, 5.41) is 3.29. The minimum absolute atomic E-state index is 0.175. The highest BCUT2D eigenvalue weighted by atomic mass is 16.5. The summed E-state index contributed by atoms with van der Waals surface area (Å²) in [5.41, 5.74) is 0.954. The Bertz CT molecular complexity index is 420. The number of carbonyl (C=O) groups is 1. The molecular weight excluding hydrogens is 228 g/mol. The number of rotatable bonds is 3. The number of benzene rings is 1. The van der Waals surface area contributed by atoms with Crippen molar-refractivity contribution in [2.24, 2.45) is 0 Å². The van der Waals surface area contributed by atoms with Crippen molar-refractivity contribution in [1.82, 2.24) is 10.2 Å². The molecule has 0 bridgehead atoms. The molecule has 2 rings (SSSR count). The van der Waals surface area contributed by atoms with Gasteiger partial charge in [-0.05, 0) is 13.0 Å². The molecule has 1 amide bonds. The second kappa shape index (κ2) is 5.87. The van der Waals surface area contributed by atoms with E-state index in [-0.39, 0.29) is 11.9 Å². The van der Waals surface area contributed by atoms with E-state index in [9.17, 15) is 4.79 Å². The average molecular weight is 248 g/mol. The molecule has 1 unspecified atom stereocenters. The lowest BCUT2D eigenvalue weighted by Crippen LogP contribution is -2.52. The van der Waals surface area contributed by atoms with E-state index in [0.717, 1.165) is 30.9 Å². The molecular formula is C14H20N2O2. The van der Waals surface area contributed by atoms with Crippen LogP contribution in [0.5, 0.6) is 5.75 Å². The Morgan fingerprint density at radius 2 is 2.28 bits per heavy atom. The van der Waals surface area contributed by atoms with Crippen molar-refractivity contribution >= 4 is 5.91 Å². The first-order valence-corrected chi connectivity index (χ1v) is 6.34. The maximum atomic E-state index is 12.3. The van der Waals surface area contributed by atoms with Crippen LogP contribution in [-0.4, -0.2) is 43.6 Å². The SMILES string of the molecule is COc1ccccc1CC(=O)N1CCNCC1C. The smallest absolute Gasteiger partial charge is 0.227 e. The molecule has 0 saturated carbocycles. The summed E-state index contributed by atoms with van der Waals surface area (Å²) in [6.45, 7) is 4.61. The Hall–Kier alpha value is -1.55. The molecule has 1 aromatic carbocycles. The van der Waals surface area contributed by atoms with Crippen LogP contribution < -0.4 is 10.1 Å². The molecule has 0 spiro atoms. The van der Waals surface area contributed by atoms with Crippen LogP contribution in [0.15, 0.2) is 24.3 Å². The van der Waals surface area contributed by atoms with Gasteiger partial charge in [0.1, 0.15) is 5.75 Å². The Labute approximate surface area is 108 Å². The Balaban J connectivity index is 2.06. The fourth-order valence-electron chi connectivity index (χ4n) is 2.33. The maximum Gasteiger partial charge on any atom is 0.227 e. The third-order valence-electron chi connectivity index (χ3n) is 3.36. The van der Waals surface area contributed by atoms with Crippen LogP contribution >= 0.6 is 0 Å². The van der Waals surface area contributed by atoms with Gasteiger partial charge >= 0.3 is 0 Å². The van der Waals surface area contributed by atoms with E-state index < -0.39 is 0 Å². The summed E-state index contributed by atoms with van der Waals surface area (Å²) in [6.07, 6.45) is 0.411. The Morgan fingerprint density at radius 1 is 1.50 bits per heavy atom. The van der Waals surface area contributed by atoms with Gasteiger partial charge in [-0.3, -0.25) is 4.79 Å². The normalized spacial score (nSPS) is 19.7. The topological polar surface area (TPSA) is 41.6 Å². The predicted molar refractivity (Wildman–Crippen MR) is 70.7 cm³/mol. The lowest BCUT2D eigenvalue weighted by molar-refractivity contribution is -0.133. The number of carbonyl (C=O) groups excluding carboxylic acids is 1. The molecule has 98 valence electrons. The van der Waals surface area contributed by atoms with Gasteiger partial charge < -0.3 is 15.0 Å². The number of para-hydroxylation sites is 1. The first-order valence-electron chi connectivity index (χ1n) is 6.34. The van der Waals surface area contributed by atoms with Gasteiger partial charge in [0.2, 0.25) is 5.91 Å². The summed E-state index contributed by atoms with van der Waals surface area (Å²) < 4.78 is 5.28. The highest BCUT2D eigenvalue weighted by molar-refractivity contribution is 5.80. The molecule has 1 aromatic rings. The summed E-state index contributed by atoms with van der Waals surface area (Å²) in [4.78, 5) is 14.2. The number of hydrogen-bond donors (Lipinski definition) is 1. The van der Waals surface area contributed by atoms with Crippen LogP contribution in [0.4, 0.5) is 0 Å². The van der Waals surface area contributed by atoms with E-state index in [4.69, 9.17) is 4.74 Å². The van der Waals surface area contributed by atoms with Gasteiger partial charge in [-0.25, -0.2) is 0 Å². The molecule has 0 aromatic heterocycles. The number of hydrogen-bond acceptors (Lipinski definition) is 3. The summed E-state index contributed by atoms with van der Waals surface area (Å²) in [6, 6.07) is 7.96. The van der Waals surface area contributed by atoms with Crippen molar-refractivity contribution in [1.29, 1.82) is 0 Å². The molecule has 1 heterocycles. The molecule has 18 heavy (non-hydrogen) atoms. The second-order valence-electron chi connectivity index (χ2n) is 4.63.